The predicted molar refractivity (Wildman–Crippen MR) is 115 cm³/mol. The van der Waals surface area contributed by atoms with E-state index in [0.29, 0.717) is 23.7 Å². The SMILES string of the molecule is C#Cc1ccc2c(cnn2[C@H](c2ccc(C3(C#N)CC3)nc2)[C@H](C)NC(=O)C(C)(F)F)c1. The summed E-state index contributed by atoms with van der Waals surface area (Å²) in [5, 5.41) is 17.1. The Bertz CT molecular complexity index is 1260. The molecule has 1 amide bonds. The molecule has 2 heterocycles. The highest BCUT2D eigenvalue weighted by molar-refractivity contribution is 5.83. The number of nitrogens with zero attached hydrogens (tertiary/aromatic N) is 4. The number of amides is 1. The van der Waals surface area contributed by atoms with Crippen molar-refractivity contribution in [3.8, 4) is 18.4 Å². The molecule has 0 bridgehead atoms. The van der Waals surface area contributed by atoms with E-state index in [1.807, 2.05) is 12.1 Å². The van der Waals surface area contributed by atoms with E-state index >= 15 is 0 Å². The number of alkyl halides is 2. The van der Waals surface area contributed by atoms with Crippen molar-refractivity contribution in [2.75, 3.05) is 0 Å². The summed E-state index contributed by atoms with van der Waals surface area (Å²) in [7, 11) is 0. The lowest BCUT2D eigenvalue weighted by Crippen LogP contribution is -2.46. The molecular formula is C24H21F2N5O. The summed E-state index contributed by atoms with van der Waals surface area (Å²) in [6, 6.07) is 9.94. The molecule has 32 heavy (non-hydrogen) atoms. The van der Waals surface area contributed by atoms with Crippen LogP contribution in [0.25, 0.3) is 10.9 Å². The molecule has 1 aromatic carbocycles. The Kier molecular flexibility index (Phi) is 5.18. The largest absolute Gasteiger partial charge is 0.346 e. The third kappa shape index (κ3) is 3.80. The molecule has 1 aliphatic carbocycles. The van der Waals surface area contributed by atoms with Crippen molar-refractivity contribution in [3.05, 3.63) is 59.5 Å². The highest BCUT2D eigenvalue weighted by Crippen LogP contribution is 2.46. The van der Waals surface area contributed by atoms with E-state index < -0.39 is 29.3 Å². The summed E-state index contributed by atoms with van der Waals surface area (Å²) in [5.74, 6) is -2.31. The maximum absolute atomic E-state index is 13.6. The monoisotopic (exact) mass is 433 g/mol. The number of rotatable bonds is 6. The van der Waals surface area contributed by atoms with Gasteiger partial charge in [0.2, 0.25) is 0 Å². The maximum Gasteiger partial charge on any atom is 0.321 e. The highest BCUT2D eigenvalue weighted by Gasteiger charge is 2.46. The number of pyridine rings is 1. The molecule has 1 saturated carbocycles. The summed E-state index contributed by atoms with van der Waals surface area (Å²) in [4.78, 5) is 16.5. The summed E-state index contributed by atoms with van der Waals surface area (Å²) in [6.07, 6.45) is 10.3. The second kappa shape index (κ2) is 7.72. The Balaban J connectivity index is 1.76. The van der Waals surface area contributed by atoms with Gasteiger partial charge in [0.25, 0.3) is 5.91 Å². The molecule has 0 radical (unpaired) electrons. The average molecular weight is 433 g/mol. The van der Waals surface area contributed by atoms with Crippen LogP contribution < -0.4 is 5.32 Å². The molecule has 1 N–H and O–H groups in total. The van der Waals surface area contributed by atoms with E-state index in [1.165, 1.54) is 0 Å². The molecule has 8 heteroatoms. The number of terminal acetylenes is 1. The van der Waals surface area contributed by atoms with Gasteiger partial charge in [-0.25, -0.2) is 0 Å². The van der Waals surface area contributed by atoms with E-state index in [9.17, 15) is 18.8 Å². The van der Waals surface area contributed by atoms with E-state index in [4.69, 9.17) is 6.42 Å². The molecule has 6 nitrogen and oxygen atoms in total. The molecule has 0 spiro atoms. The first-order chi connectivity index (χ1) is 15.2. The van der Waals surface area contributed by atoms with Crippen LogP contribution in [0.15, 0.2) is 42.7 Å². The van der Waals surface area contributed by atoms with Gasteiger partial charge < -0.3 is 5.32 Å². The van der Waals surface area contributed by atoms with Crippen LogP contribution in [-0.4, -0.2) is 32.6 Å². The minimum Gasteiger partial charge on any atom is -0.346 e. The Morgan fingerprint density at radius 3 is 2.62 bits per heavy atom. The topological polar surface area (TPSA) is 83.6 Å². The maximum atomic E-state index is 13.6. The van der Waals surface area contributed by atoms with Gasteiger partial charge in [-0.1, -0.05) is 12.0 Å². The van der Waals surface area contributed by atoms with Gasteiger partial charge in [0.1, 0.15) is 0 Å². The third-order valence-corrected chi connectivity index (χ3v) is 5.84. The van der Waals surface area contributed by atoms with Crippen LogP contribution in [-0.2, 0) is 10.2 Å². The van der Waals surface area contributed by atoms with Crippen molar-refractivity contribution in [2.45, 2.75) is 50.1 Å². The number of carbonyl (C=O) groups is 1. The van der Waals surface area contributed by atoms with Crippen LogP contribution in [0, 0.1) is 23.7 Å². The van der Waals surface area contributed by atoms with Crippen LogP contribution in [0.1, 0.15) is 49.6 Å². The fourth-order valence-corrected chi connectivity index (χ4v) is 3.83. The van der Waals surface area contributed by atoms with E-state index in [1.54, 1.807) is 42.2 Å². The fraction of sp³-hybridized carbons (Fsp3) is 0.333. The lowest BCUT2D eigenvalue weighted by atomic mass is 9.98. The number of hydrogen-bond donors (Lipinski definition) is 1. The zero-order valence-electron chi connectivity index (χ0n) is 17.6. The molecule has 162 valence electrons. The van der Waals surface area contributed by atoms with Gasteiger partial charge in [0, 0.05) is 24.1 Å². The zero-order chi connectivity index (χ0) is 23.1. The van der Waals surface area contributed by atoms with Crippen LogP contribution in [0.3, 0.4) is 0 Å². The van der Waals surface area contributed by atoms with Gasteiger partial charge in [-0.3, -0.25) is 14.5 Å². The van der Waals surface area contributed by atoms with Crippen molar-refractivity contribution < 1.29 is 13.6 Å². The molecular weight excluding hydrogens is 412 g/mol. The second-order valence-electron chi connectivity index (χ2n) is 8.27. The number of benzene rings is 1. The number of hydrogen-bond acceptors (Lipinski definition) is 4. The molecule has 1 fully saturated rings. The Hall–Kier alpha value is -3.78. The minimum absolute atomic E-state index is 0.540. The van der Waals surface area contributed by atoms with Gasteiger partial charge in [-0.05, 0) is 49.6 Å². The quantitative estimate of drug-likeness (QED) is 0.601. The molecule has 2 aromatic heterocycles. The number of fused-ring (bicyclic) bond motifs is 1. The normalized spacial score (nSPS) is 16.6. The third-order valence-electron chi connectivity index (χ3n) is 5.84. The first-order valence-electron chi connectivity index (χ1n) is 10.2. The van der Waals surface area contributed by atoms with Crippen LogP contribution in [0.4, 0.5) is 8.78 Å². The minimum atomic E-state index is -3.51. The summed E-state index contributed by atoms with van der Waals surface area (Å²) in [6.45, 7) is 2.20. The summed E-state index contributed by atoms with van der Waals surface area (Å²) >= 11 is 0. The first kappa shape index (κ1) is 21.5. The number of halogens is 2. The smallest absolute Gasteiger partial charge is 0.321 e. The van der Waals surface area contributed by atoms with Gasteiger partial charge >= 0.3 is 5.92 Å². The molecule has 4 rings (SSSR count). The van der Waals surface area contributed by atoms with Gasteiger partial charge in [0.05, 0.1) is 41.0 Å². The van der Waals surface area contributed by atoms with Crippen molar-refractivity contribution in [1.29, 1.82) is 5.26 Å². The number of nitrogens with one attached hydrogen (secondary N) is 1. The number of carbonyl (C=O) groups excluding carboxylic acids is 1. The molecule has 1 aliphatic rings. The van der Waals surface area contributed by atoms with Gasteiger partial charge in [-0.15, -0.1) is 6.42 Å². The van der Waals surface area contributed by atoms with Crippen molar-refractivity contribution >= 4 is 16.8 Å². The van der Waals surface area contributed by atoms with Crippen LogP contribution >= 0.6 is 0 Å². The van der Waals surface area contributed by atoms with Gasteiger partial charge in [-0.2, -0.15) is 19.1 Å². The summed E-state index contributed by atoms with van der Waals surface area (Å²) < 4.78 is 28.8. The molecule has 0 unspecified atom stereocenters. The first-order valence-corrected chi connectivity index (χ1v) is 10.2. The predicted octanol–water partition coefficient (Wildman–Crippen LogP) is 3.72. The van der Waals surface area contributed by atoms with E-state index in [2.05, 4.69) is 27.4 Å². The highest BCUT2D eigenvalue weighted by atomic mass is 19.3. The molecule has 3 aromatic rings. The van der Waals surface area contributed by atoms with E-state index in [0.717, 1.165) is 23.7 Å². The number of nitriles is 1. The van der Waals surface area contributed by atoms with Crippen LogP contribution in [0.5, 0.6) is 0 Å². The zero-order valence-corrected chi connectivity index (χ0v) is 17.6. The van der Waals surface area contributed by atoms with Gasteiger partial charge in [0.15, 0.2) is 0 Å². The number of aromatic nitrogens is 3. The lowest BCUT2D eigenvalue weighted by Gasteiger charge is -2.27. The lowest BCUT2D eigenvalue weighted by molar-refractivity contribution is -0.143. The van der Waals surface area contributed by atoms with Crippen molar-refractivity contribution in [2.24, 2.45) is 0 Å². The molecule has 2 atom stereocenters. The second-order valence-corrected chi connectivity index (χ2v) is 8.27. The van der Waals surface area contributed by atoms with E-state index in [-0.39, 0.29) is 0 Å². The standard InChI is InChI=1S/C24H21F2N5O/c1-4-16-5-7-19-18(11-16)13-29-31(19)21(15(2)30-22(32)23(3,25)26)17-6-8-20(28-12-17)24(14-27)9-10-24/h1,5-8,11-13,15,21H,9-10H2,2-3H3,(H,30,32)/t15-,21-/m0/s1. The average Bonchev–Trinajstić information content (AvgIpc) is 3.47. The molecule has 0 aliphatic heterocycles. The Labute approximate surface area is 184 Å². The van der Waals surface area contributed by atoms with Crippen molar-refractivity contribution in [3.63, 3.8) is 0 Å². The van der Waals surface area contributed by atoms with Crippen LogP contribution in [0.2, 0.25) is 0 Å². The Morgan fingerprint density at radius 2 is 2.06 bits per heavy atom. The molecule has 0 saturated heterocycles. The summed E-state index contributed by atoms with van der Waals surface area (Å²) in [5.41, 5.74) is 2.24. The van der Waals surface area contributed by atoms with Crippen molar-refractivity contribution in [1.82, 2.24) is 20.1 Å². The Morgan fingerprint density at radius 1 is 1.31 bits per heavy atom. The fourth-order valence-electron chi connectivity index (χ4n) is 3.83.